The Morgan fingerprint density at radius 1 is 1.09 bits per heavy atom. The van der Waals surface area contributed by atoms with Gasteiger partial charge in [-0.25, -0.2) is 14.8 Å². The van der Waals surface area contributed by atoms with Crippen molar-refractivity contribution < 1.29 is 9.53 Å². The number of anilines is 1. The summed E-state index contributed by atoms with van der Waals surface area (Å²) >= 11 is 0. The molecule has 6 heteroatoms. The summed E-state index contributed by atoms with van der Waals surface area (Å²) in [5.41, 5.74) is 7.91. The summed E-state index contributed by atoms with van der Waals surface area (Å²) in [5, 5.41) is 0.811. The van der Waals surface area contributed by atoms with Crippen molar-refractivity contribution in [2.75, 3.05) is 12.8 Å². The van der Waals surface area contributed by atoms with Crippen LogP contribution < -0.4 is 5.73 Å². The van der Waals surface area contributed by atoms with Gasteiger partial charge in [-0.15, -0.1) is 12.4 Å². The molecule has 3 rings (SSSR count). The lowest BCUT2D eigenvalue weighted by atomic mass is 10.1. The van der Waals surface area contributed by atoms with Crippen LogP contribution >= 0.6 is 12.4 Å². The number of ether oxygens (including phenoxy) is 1. The molecule has 2 aromatic carbocycles. The molecule has 22 heavy (non-hydrogen) atoms. The summed E-state index contributed by atoms with van der Waals surface area (Å²) in [6.45, 7) is 0. The molecule has 0 saturated carbocycles. The first-order chi connectivity index (χ1) is 10.2. The maximum atomic E-state index is 11.6. The van der Waals surface area contributed by atoms with Gasteiger partial charge in [0.1, 0.15) is 5.82 Å². The maximum absolute atomic E-state index is 11.6. The summed E-state index contributed by atoms with van der Waals surface area (Å²) in [4.78, 5) is 20.4. The van der Waals surface area contributed by atoms with Crippen LogP contribution in [-0.2, 0) is 4.74 Å². The van der Waals surface area contributed by atoms with E-state index >= 15 is 0 Å². The number of para-hydroxylation sites is 1. The fourth-order valence-corrected chi connectivity index (χ4v) is 2.13. The molecule has 0 spiro atoms. The van der Waals surface area contributed by atoms with Crippen molar-refractivity contribution in [1.29, 1.82) is 0 Å². The van der Waals surface area contributed by atoms with Crippen molar-refractivity contribution in [3.8, 4) is 11.4 Å². The van der Waals surface area contributed by atoms with Gasteiger partial charge in [0.2, 0.25) is 0 Å². The first-order valence-electron chi connectivity index (χ1n) is 6.40. The molecule has 3 aromatic rings. The number of carbonyl (C=O) groups is 1. The molecule has 0 aliphatic heterocycles. The summed E-state index contributed by atoms with van der Waals surface area (Å²) in [7, 11) is 1.35. The van der Waals surface area contributed by atoms with Crippen molar-refractivity contribution in [1.82, 2.24) is 9.97 Å². The van der Waals surface area contributed by atoms with Gasteiger partial charge in [-0.3, -0.25) is 0 Å². The van der Waals surface area contributed by atoms with E-state index in [4.69, 9.17) is 10.5 Å². The van der Waals surface area contributed by atoms with E-state index in [2.05, 4.69) is 9.97 Å². The Morgan fingerprint density at radius 2 is 1.86 bits per heavy atom. The van der Waals surface area contributed by atoms with Gasteiger partial charge in [0.05, 0.1) is 18.2 Å². The van der Waals surface area contributed by atoms with Gasteiger partial charge in [0, 0.05) is 10.9 Å². The van der Waals surface area contributed by atoms with Crippen LogP contribution in [0.2, 0.25) is 0 Å². The van der Waals surface area contributed by atoms with E-state index in [9.17, 15) is 4.79 Å². The number of halogens is 1. The Kier molecular flexibility index (Phi) is 4.58. The number of hydrogen-bond acceptors (Lipinski definition) is 5. The highest BCUT2D eigenvalue weighted by atomic mass is 35.5. The molecule has 1 aromatic heterocycles. The number of carbonyl (C=O) groups excluding carboxylic acids is 1. The van der Waals surface area contributed by atoms with E-state index < -0.39 is 5.97 Å². The molecular weight excluding hydrogens is 302 g/mol. The fraction of sp³-hybridized carbons (Fsp3) is 0.0625. The van der Waals surface area contributed by atoms with Crippen molar-refractivity contribution >= 4 is 35.1 Å². The van der Waals surface area contributed by atoms with Crippen molar-refractivity contribution in [2.45, 2.75) is 0 Å². The smallest absolute Gasteiger partial charge is 0.337 e. The predicted molar refractivity (Wildman–Crippen MR) is 88.0 cm³/mol. The first-order valence-corrected chi connectivity index (χ1v) is 6.40. The predicted octanol–water partition coefficient (Wildman–Crippen LogP) is 3.09. The van der Waals surface area contributed by atoms with Crippen molar-refractivity contribution in [3.63, 3.8) is 0 Å². The third kappa shape index (κ3) is 2.84. The van der Waals surface area contributed by atoms with Gasteiger partial charge in [0.15, 0.2) is 5.82 Å². The van der Waals surface area contributed by atoms with E-state index in [0.717, 1.165) is 16.5 Å². The van der Waals surface area contributed by atoms with Gasteiger partial charge < -0.3 is 10.5 Å². The van der Waals surface area contributed by atoms with Crippen LogP contribution in [0.15, 0.2) is 48.5 Å². The van der Waals surface area contributed by atoms with Crippen molar-refractivity contribution in [2.24, 2.45) is 0 Å². The van der Waals surface area contributed by atoms with Gasteiger partial charge in [-0.2, -0.15) is 0 Å². The molecule has 0 amide bonds. The summed E-state index contributed by atoms with van der Waals surface area (Å²) in [6.07, 6.45) is 0. The van der Waals surface area contributed by atoms with Crippen molar-refractivity contribution in [3.05, 3.63) is 54.1 Å². The van der Waals surface area contributed by atoms with Crippen LogP contribution in [0.5, 0.6) is 0 Å². The third-order valence-electron chi connectivity index (χ3n) is 3.17. The molecule has 0 fully saturated rings. The van der Waals surface area contributed by atoms with E-state index in [1.54, 1.807) is 18.2 Å². The molecule has 0 bridgehead atoms. The second-order valence-corrected chi connectivity index (χ2v) is 4.52. The first kappa shape index (κ1) is 15.7. The van der Waals surface area contributed by atoms with Crippen LogP contribution in [0, 0.1) is 0 Å². The van der Waals surface area contributed by atoms with Crippen LogP contribution in [0.25, 0.3) is 22.3 Å². The molecule has 0 aliphatic rings. The number of fused-ring (bicyclic) bond motifs is 1. The monoisotopic (exact) mass is 315 g/mol. The zero-order chi connectivity index (χ0) is 14.8. The minimum absolute atomic E-state index is 0. The molecule has 112 valence electrons. The zero-order valence-corrected chi connectivity index (χ0v) is 12.6. The van der Waals surface area contributed by atoms with Gasteiger partial charge in [-0.1, -0.05) is 24.3 Å². The molecule has 0 radical (unpaired) electrons. The number of nitrogens with two attached hydrogens (primary N) is 1. The number of aromatic nitrogens is 2. The average molecular weight is 316 g/mol. The Labute approximate surface area is 133 Å². The molecule has 5 nitrogen and oxygen atoms in total. The number of nitrogens with zero attached hydrogens (tertiary/aromatic N) is 2. The lowest BCUT2D eigenvalue weighted by Crippen LogP contribution is -2.02. The van der Waals surface area contributed by atoms with Crippen LogP contribution in [0.3, 0.4) is 0 Å². The standard InChI is InChI=1S/C16H13N3O2.ClH/c1-21-16(20)11-6-4-5-10(9-11)15-18-13-8-3-2-7-12(13)14(17)19-15;/h2-9H,1H3,(H2,17,18,19);1H. The third-order valence-corrected chi connectivity index (χ3v) is 3.17. The number of hydrogen-bond donors (Lipinski definition) is 1. The minimum Gasteiger partial charge on any atom is -0.465 e. The quantitative estimate of drug-likeness (QED) is 0.735. The highest BCUT2D eigenvalue weighted by Gasteiger charge is 2.10. The van der Waals surface area contributed by atoms with Crippen LogP contribution in [0.4, 0.5) is 5.82 Å². The maximum Gasteiger partial charge on any atom is 0.337 e. The highest BCUT2D eigenvalue weighted by Crippen LogP contribution is 2.23. The zero-order valence-electron chi connectivity index (χ0n) is 11.8. The van der Waals surface area contributed by atoms with E-state index in [1.807, 2.05) is 30.3 Å². The van der Waals surface area contributed by atoms with Gasteiger partial charge in [0.25, 0.3) is 0 Å². The molecule has 1 heterocycles. The Bertz CT molecular complexity index is 836. The second-order valence-electron chi connectivity index (χ2n) is 4.52. The number of methoxy groups -OCH3 is 1. The van der Waals surface area contributed by atoms with Crippen LogP contribution in [-0.4, -0.2) is 23.0 Å². The van der Waals surface area contributed by atoms with Gasteiger partial charge in [-0.05, 0) is 24.3 Å². The normalized spacial score (nSPS) is 10.0. The lowest BCUT2D eigenvalue weighted by molar-refractivity contribution is 0.0601. The topological polar surface area (TPSA) is 78.1 Å². The average Bonchev–Trinajstić information content (AvgIpc) is 2.54. The molecule has 0 atom stereocenters. The van der Waals surface area contributed by atoms with E-state index in [0.29, 0.717) is 17.2 Å². The molecular formula is C16H14ClN3O2. The number of nitrogen functional groups attached to an aromatic ring is 1. The largest absolute Gasteiger partial charge is 0.465 e. The number of benzene rings is 2. The highest BCUT2D eigenvalue weighted by molar-refractivity contribution is 5.92. The fourth-order valence-electron chi connectivity index (χ4n) is 2.13. The Morgan fingerprint density at radius 3 is 2.64 bits per heavy atom. The minimum atomic E-state index is -0.398. The molecule has 2 N–H and O–H groups in total. The number of esters is 1. The second kappa shape index (κ2) is 6.41. The molecule has 0 saturated heterocycles. The molecule has 0 unspecified atom stereocenters. The molecule has 0 aliphatic carbocycles. The lowest BCUT2D eigenvalue weighted by Gasteiger charge is -2.06. The SMILES string of the molecule is COC(=O)c1cccc(-c2nc(N)c3ccccc3n2)c1.Cl. The Hall–Kier alpha value is -2.66. The van der Waals surface area contributed by atoms with Gasteiger partial charge >= 0.3 is 5.97 Å². The van der Waals surface area contributed by atoms with E-state index in [-0.39, 0.29) is 12.4 Å². The summed E-state index contributed by atoms with van der Waals surface area (Å²) in [5.74, 6) is 0.502. The Balaban J connectivity index is 0.00000176. The van der Waals surface area contributed by atoms with E-state index in [1.165, 1.54) is 7.11 Å². The summed E-state index contributed by atoms with van der Waals surface area (Å²) in [6, 6.07) is 14.5. The van der Waals surface area contributed by atoms with Crippen LogP contribution in [0.1, 0.15) is 10.4 Å². The number of rotatable bonds is 2. The summed E-state index contributed by atoms with van der Waals surface area (Å²) < 4.78 is 4.72.